The molecule has 0 bridgehead atoms. The molecule has 1 saturated heterocycles. The summed E-state index contributed by atoms with van der Waals surface area (Å²) >= 11 is 0. The highest BCUT2D eigenvalue weighted by Gasteiger charge is 2.16. The minimum absolute atomic E-state index is 0.122. The Balaban J connectivity index is 1.36. The van der Waals surface area contributed by atoms with E-state index < -0.39 is 18.5 Å². The van der Waals surface area contributed by atoms with Gasteiger partial charge in [-0.05, 0) is 55.2 Å². The van der Waals surface area contributed by atoms with Gasteiger partial charge in [0, 0.05) is 13.2 Å². The second-order valence-electron chi connectivity index (χ2n) is 6.74. The Hall–Kier alpha value is -2.93. The molecule has 154 valence electrons. The van der Waals surface area contributed by atoms with E-state index in [4.69, 9.17) is 14.2 Å². The molecule has 1 atom stereocenters. The van der Waals surface area contributed by atoms with Crippen molar-refractivity contribution in [1.82, 2.24) is 5.32 Å². The van der Waals surface area contributed by atoms with Gasteiger partial charge in [0.05, 0.1) is 11.7 Å². The van der Waals surface area contributed by atoms with Gasteiger partial charge >= 0.3 is 5.97 Å². The molecule has 2 aromatic carbocycles. The van der Waals surface area contributed by atoms with E-state index in [1.807, 2.05) is 0 Å². The summed E-state index contributed by atoms with van der Waals surface area (Å²) in [7, 11) is 0. The first-order valence-electron chi connectivity index (χ1n) is 9.63. The zero-order valence-corrected chi connectivity index (χ0v) is 16.1. The number of ether oxygens (including phenoxy) is 3. The fourth-order valence-corrected chi connectivity index (χ4v) is 2.96. The van der Waals surface area contributed by atoms with Gasteiger partial charge in [-0.25, -0.2) is 9.18 Å². The second kappa shape index (κ2) is 10.6. The van der Waals surface area contributed by atoms with Gasteiger partial charge in [-0.3, -0.25) is 4.79 Å². The third-order valence-electron chi connectivity index (χ3n) is 4.56. The zero-order chi connectivity index (χ0) is 20.5. The number of hydrogen-bond donors (Lipinski definition) is 1. The molecular weight excluding hydrogens is 377 g/mol. The molecule has 1 heterocycles. The maximum Gasteiger partial charge on any atom is 0.338 e. The molecule has 0 aromatic heterocycles. The highest BCUT2D eigenvalue weighted by atomic mass is 19.1. The summed E-state index contributed by atoms with van der Waals surface area (Å²) in [5.41, 5.74) is 0.847. The van der Waals surface area contributed by atoms with Crippen molar-refractivity contribution < 1.29 is 28.2 Å². The van der Waals surface area contributed by atoms with E-state index >= 15 is 0 Å². The summed E-state index contributed by atoms with van der Waals surface area (Å²) in [4.78, 5) is 23.9. The molecule has 1 aliphatic rings. The van der Waals surface area contributed by atoms with Crippen molar-refractivity contribution in [2.45, 2.75) is 25.4 Å². The van der Waals surface area contributed by atoms with Crippen molar-refractivity contribution in [2.24, 2.45) is 0 Å². The van der Waals surface area contributed by atoms with Gasteiger partial charge < -0.3 is 19.5 Å². The first-order valence-corrected chi connectivity index (χ1v) is 9.63. The fraction of sp³-hybridized carbons (Fsp3) is 0.364. The van der Waals surface area contributed by atoms with Crippen LogP contribution in [0.4, 0.5) is 4.39 Å². The molecule has 29 heavy (non-hydrogen) atoms. The normalized spacial score (nSPS) is 15.7. The van der Waals surface area contributed by atoms with Gasteiger partial charge in [-0.1, -0.05) is 18.2 Å². The first-order chi connectivity index (χ1) is 14.1. The molecule has 0 saturated carbocycles. The number of benzene rings is 2. The van der Waals surface area contributed by atoms with Crippen LogP contribution in [0.1, 0.15) is 28.8 Å². The van der Waals surface area contributed by atoms with E-state index in [0.717, 1.165) is 19.4 Å². The van der Waals surface area contributed by atoms with Crippen molar-refractivity contribution in [1.29, 1.82) is 0 Å². The van der Waals surface area contributed by atoms with Crippen LogP contribution in [0.2, 0.25) is 0 Å². The van der Waals surface area contributed by atoms with Crippen molar-refractivity contribution in [3.8, 4) is 5.75 Å². The second-order valence-corrected chi connectivity index (χ2v) is 6.74. The number of carbonyl (C=O) groups is 2. The first kappa shape index (κ1) is 20.8. The summed E-state index contributed by atoms with van der Waals surface area (Å²) < 4.78 is 29.7. The Morgan fingerprint density at radius 2 is 1.93 bits per heavy atom. The molecule has 1 aliphatic heterocycles. The molecule has 6 nitrogen and oxygen atoms in total. The summed E-state index contributed by atoms with van der Waals surface area (Å²) in [6.45, 7) is 1.12. The van der Waals surface area contributed by atoms with Gasteiger partial charge in [-0.2, -0.15) is 0 Å². The van der Waals surface area contributed by atoms with Crippen molar-refractivity contribution in [3.05, 3.63) is 65.5 Å². The summed E-state index contributed by atoms with van der Waals surface area (Å²) in [5.74, 6) is -0.703. The average Bonchev–Trinajstić information content (AvgIpc) is 3.26. The third-order valence-corrected chi connectivity index (χ3v) is 4.56. The van der Waals surface area contributed by atoms with Crippen LogP contribution < -0.4 is 10.1 Å². The number of esters is 1. The maximum atomic E-state index is 13.5. The Bertz CT molecular complexity index is 818. The zero-order valence-electron chi connectivity index (χ0n) is 16.1. The van der Waals surface area contributed by atoms with Gasteiger partial charge in [0.2, 0.25) is 0 Å². The van der Waals surface area contributed by atoms with Crippen LogP contribution in [0.3, 0.4) is 0 Å². The lowest BCUT2D eigenvalue weighted by molar-refractivity contribution is -0.124. The SMILES string of the molecule is O=C(COC(=O)c1ccc(OC[C@H]2CCCO2)cc1)NCCc1ccccc1F. The Labute approximate surface area is 169 Å². The Morgan fingerprint density at radius 3 is 2.66 bits per heavy atom. The third kappa shape index (κ3) is 6.57. The molecule has 1 fully saturated rings. The van der Waals surface area contributed by atoms with E-state index in [1.165, 1.54) is 6.07 Å². The van der Waals surface area contributed by atoms with Crippen LogP contribution in [0.15, 0.2) is 48.5 Å². The van der Waals surface area contributed by atoms with E-state index in [-0.39, 0.29) is 18.5 Å². The number of carbonyl (C=O) groups excluding carboxylic acids is 2. The minimum atomic E-state index is -0.597. The van der Waals surface area contributed by atoms with Crippen LogP contribution in [0.25, 0.3) is 0 Å². The number of rotatable bonds is 9. The predicted octanol–water partition coefficient (Wildman–Crippen LogP) is 2.90. The number of amides is 1. The topological polar surface area (TPSA) is 73.9 Å². The summed E-state index contributed by atoms with van der Waals surface area (Å²) in [5, 5.41) is 2.60. The van der Waals surface area contributed by atoms with Crippen LogP contribution in [-0.2, 0) is 20.7 Å². The van der Waals surface area contributed by atoms with Crippen LogP contribution in [0, 0.1) is 5.82 Å². The number of nitrogens with one attached hydrogen (secondary N) is 1. The van der Waals surface area contributed by atoms with Gasteiger partial charge in [-0.15, -0.1) is 0 Å². The average molecular weight is 401 g/mol. The van der Waals surface area contributed by atoms with Crippen molar-refractivity contribution in [2.75, 3.05) is 26.4 Å². The van der Waals surface area contributed by atoms with Crippen LogP contribution in [-0.4, -0.2) is 44.3 Å². The summed E-state index contributed by atoms with van der Waals surface area (Å²) in [6, 6.07) is 12.9. The minimum Gasteiger partial charge on any atom is -0.491 e. The highest BCUT2D eigenvalue weighted by molar-refractivity contribution is 5.91. The van der Waals surface area contributed by atoms with E-state index in [9.17, 15) is 14.0 Å². The molecule has 7 heteroatoms. The van der Waals surface area contributed by atoms with Gasteiger partial charge in [0.1, 0.15) is 18.2 Å². The predicted molar refractivity (Wildman–Crippen MR) is 104 cm³/mol. The lowest BCUT2D eigenvalue weighted by Crippen LogP contribution is -2.30. The maximum absolute atomic E-state index is 13.5. The lowest BCUT2D eigenvalue weighted by Gasteiger charge is -2.11. The Kier molecular flexibility index (Phi) is 7.58. The Morgan fingerprint density at radius 1 is 1.14 bits per heavy atom. The fourth-order valence-electron chi connectivity index (χ4n) is 2.96. The quantitative estimate of drug-likeness (QED) is 0.654. The number of halogens is 1. The molecule has 0 radical (unpaired) electrons. The van der Waals surface area contributed by atoms with Gasteiger partial charge in [0.25, 0.3) is 5.91 Å². The molecule has 1 amide bonds. The highest BCUT2D eigenvalue weighted by Crippen LogP contribution is 2.17. The largest absolute Gasteiger partial charge is 0.491 e. The van der Waals surface area contributed by atoms with E-state index in [2.05, 4.69) is 5.32 Å². The molecule has 2 aromatic rings. The molecule has 0 unspecified atom stereocenters. The summed E-state index contributed by atoms with van der Waals surface area (Å²) in [6.07, 6.45) is 2.53. The molecule has 3 rings (SSSR count). The van der Waals surface area contributed by atoms with E-state index in [0.29, 0.717) is 29.9 Å². The molecular formula is C22H24FNO5. The molecule has 0 spiro atoms. The van der Waals surface area contributed by atoms with E-state index in [1.54, 1.807) is 42.5 Å². The monoisotopic (exact) mass is 401 g/mol. The smallest absolute Gasteiger partial charge is 0.338 e. The van der Waals surface area contributed by atoms with Crippen LogP contribution >= 0.6 is 0 Å². The lowest BCUT2D eigenvalue weighted by atomic mass is 10.1. The molecule has 1 N–H and O–H groups in total. The number of hydrogen-bond acceptors (Lipinski definition) is 5. The van der Waals surface area contributed by atoms with Gasteiger partial charge in [0.15, 0.2) is 6.61 Å². The molecule has 0 aliphatic carbocycles. The van der Waals surface area contributed by atoms with Crippen LogP contribution in [0.5, 0.6) is 5.75 Å². The van der Waals surface area contributed by atoms with Crippen molar-refractivity contribution in [3.63, 3.8) is 0 Å². The standard InChI is InChI=1S/C22H24FNO5/c23-20-6-2-1-4-16(20)11-12-24-21(25)15-29-22(26)17-7-9-18(10-8-17)28-14-19-5-3-13-27-19/h1-2,4,6-10,19H,3,5,11-15H2,(H,24,25)/t19-/m1/s1. The van der Waals surface area contributed by atoms with Crippen molar-refractivity contribution >= 4 is 11.9 Å².